The summed E-state index contributed by atoms with van der Waals surface area (Å²) in [5.41, 5.74) is 7.05. The molecule has 1 aliphatic heterocycles. The molecule has 2 aromatic carbocycles. The van der Waals surface area contributed by atoms with Gasteiger partial charge in [0.25, 0.3) is 5.91 Å². The number of amides is 1. The molecule has 0 radical (unpaired) electrons. The molecule has 6 nitrogen and oxygen atoms in total. The minimum absolute atomic E-state index is 0.140. The van der Waals surface area contributed by atoms with Crippen LogP contribution in [0.5, 0.6) is 0 Å². The minimum Gasteiger partial charge on any atom is -0.267 e. The molecule has 29 heavy (non-hydrogen) atoms. The van der Waals surface area contributed by atoms with Gasteiger partial charge in [0.1, 0.15) is 0 Å². The molecule has 1 saturated heterocycles. The highest BCUT2D eigenvalue weighted by molar-refractivity contribution is 7.89. The van der Waals surface area contributed by atoms with Crippen molar-refractivity contribution >= 4 is 22.1 Å². The zero-order valence-electron chi connectivity index (χ0n) is 17.1. The highest BCUT2D eigenvalue weighted by atomic mass is 32.2. The molecule has 1 heterocycles. The third-order valence-corrected chi connectivity index (χ3v) is 7.04. The standard InChI is InChI=1S/C22H27N3O3S/c1-16-12-17(2)21(18(3)13-16)15-23-24-22(26)19-8-7-9-20(14-19)29(27,28)25-10-5-4-6-11-25/h7-9,12-15H,4-6,10-11H2,1-3H3,(H,24,26). The van der Waals surface area contributed by atoms with Gasteiger partial charge in [-0.05, 0) is 62.9 Å². The van der Waals surface area contributed by atoms with Crippen LogP contribution in [0.25, 0.3) is 0 Å². The molecule has 1 fully saturated rings. The van der Waals surface area contributed by atoms with E-state index in [1.165, 1.54) is 22.0 Å². The van der Waals surface area contributed by atoms with Crippen LogP contribution in [0.3, 0.4) is 0 Å². The third kappa shape index (κ3) is 4.92. The molecule has 1 aliphatic rings. The number of hydrogen-bond donors (Lipinski definition) is 1. The summed E-state index contributed by atoms with van der Waals surface area (Å²) in [6, 6.07) is 10.2. The summed E-state index contributed by atoms with van der Waals surface area (Å²) < 4.78 is 27.2. The van der Waals surface area contributed by atoms with Crippen molar-refractivity contribution in [3.8, 4) is 0 Å². The number of sulfonamides is 1. The molecule has 0 aromatic heterocycles. The van der Waals surface area contributed by atoms with Crippen molar-refractivity contribution in [3.05, 3.63) is 64.2 Å². The minimum atomic E-state index is -3.58. The van der Waals surface area contributed by atoms with Crippen molar-refractivity contribution in [2.75, 3.05) is 13.1 Å². The molecule has 0 bridgehead atoms. The molecule has 0 atom stereocenters. The Labute approximate surface area is 172 Å². The normalized spacial score (nSPS) is 15.6. The maximum absolute atomic E-state index is 12.8. The van der Waals surface area contributed by atoms with Crippen molar-refractivity contribution in [1.82, 2.24) is 9.73 Å². The predicted molar refractivity (Wildman–Crippen MR) is 115 cm³/mol. The molecule has 1 N–H and O–H groups in total. The van der Waals surface area contributed by atoms with Crippen molar-refractivity contribution in [2.24, 2.45) is 5.10 Å². The molecule has 0 unspecified atom stereocenters. The second kappa shape index (κ2) is 8.88. The summed E-state index contributed by atoms with van der Waals surface area (Å²) in [4.78, 5) is 12.6. The van der Waals surface area contributed by atoms with Gasteiger partial charge in [-0.2, -0.15) is 9.41 Å². The van der Waals surface area contributed by atoms with Crippen LogP contribution >= 0.6 is 0 Å². The van der Waals surface area contributed by atoms with Crippen LogP contribution in [0.2, 0.25) is 0 Å². The van der Waals surface area contributed by atoms with E-state index in [1.54, 1.807) is 18.3 Å². The average Bonchev–Trinajstić information content (AvgIpc) is 2.70. The fourth-order valence-electron chi connectivity index (χ4n) is 3.67. The number of hydrogen-bond acceptors (Lipinski definition) is 4. The number of hydrazone groups is 1. The maximum Gasteiger partial charge on any atom is 0.271 e. The van der Waals surface area contributed by atoms with Gasteiger partial charge in [0.05, 0.1) is 11.1 Å². The van der Waals surface area contributed by atoms with Crippen LogP contribution in [0, 0.1) is 20.8 Å². The molecule has 3 rings (SSSR count). The molecule has 1 amide bonds. The van der Waals surface area contributed by atoms with Gasteiger partial charge in [-0.3, -0.25) is 4.79 Å². The van der Waals surface area contributed by atoms with Crippen molar-refractivity contribution < 1.29 is 13.2 Å². The summed E-state index contributed by atoms with van der Waals surface area (Å²) in [5.74, 6) is -0.445. The van der Waals surface area contributed by atoms with E-state index < -0.39 is 15.9 Å². The summed E-state index contributed by atoms with van der Waals surface area (Å²) in [5, 5.41) is 4.07. The topological polar surface area (TPSA) is 78.8 Å². The van der Waals surface area contributed by atoms with E-state index in [0.29, 0.717) is 13.1 Å². The average molecular weight is 414 g/mol. The molecule has 154 valence electrons. The smallest absolute Gasteiger partial charge is 0.267 e. The van der Waals surface area contributed by atoms with Gasteiger partial charge in [-0.25, -0.2) is 13.8 Å². The van der Waals surface area contributed by atoms with E-state index in [1.807, 2.05) is 20.8 Å². The Bertz CT molecular complexity index is 1020. The van der Waals surface area contributed by atoms with Crippen LogP contribution in [0.1, 0.15) is 51.9 Å². The van der Waals surface area contributed by atoms with Crippen molar-refractivity contribution in [1.29, 1.82) is 0 Å². The molecular weight excluding hydrogens is 386 g/mol. The lowest BCUT2D eigenvalue weighted by atomic mass is 10.0. The first-order valence-electron chi connectivity index (χ1n) is 9.80. The van der Waals surface area contributed by atoms with Gasteiger partial charge in [0.2, 0.25) is 10.0 Å². The summed E-state index contributed by atoms with van der Waals surface area (Å²) in [7, 11) is -3.58. The lowest BCUT2D eigenvalue weighted by molar-refractivity contribution is 0.0955. The van der Waals surface area contributed by atoms with Gasteiger partial charge in [-0.15, -0.1) is 0 Å². The molecule has 0 spiro atoms. The fraction of sp³-hybridized carbons (Fsp3) is 0.364. The van der Waals surface area contributed by atoms with E-state index in [4.69, 9.17) is 0 Å². The Balaban J connectivity index is 1.75. The monoisotopic (exact) mass is 413 g/mol. The fourth-order valence-corrected chi connectivity index (χ4v) is 5.23. The number of nitrogens with one attached hydrogen (secondary N) is 1. The van der Waals surface area contributed by atoms with E-state index in [-0.39, 0.29) is 10.5 Å². The number of aryl methyl sites for hydroxylation is 3. The van der Waals surface area contributed by atoms with E-state index in [0.717, 1.165) is 36.0 Å². The van der Waals surface area contributed by atoms with Crippen LogP contribution < -0.4 is 5.43 Å². The number of carbonyl (C=O) groups is 1. The zero-order valence-corrected chi connectivity index (χ0v) is 17.9. The lowest BCUT2D eigenvalue weighted by Gasteiger charge is -2.25. The number of rotatable bonds is 5. The van der Waals surface area contributed by atoms with Gasteiger partial charge in [-0.1, -0.05) is 30.2 Å². The Kier molecular flexibility index (Phi) is 6.49. The van der Waals surface area contributed by atoms with E-state index in [9.17, 15) is 13.2 Å². The molecule has 0 saturated carbocycles. The number of piperidine rings is 1. The van der Waals surface area contributed by atoms with E-state index >= 15 is 0 Å². The summed E-state index contributed by atoms with van der Waals surface area (Å²) >= 11 is 0. The van der Waals surface area contributed by atoms with Crippen molar-refractivity contribution in [2.45, 2.75) is 44.9 Å². The Morgan fingerprint density at radius 2 is 1.69 bits per heavy atom. The Hall–Kier alpha value is -2.51. The van der Waals surface area contributed by atoms with Gasteiger partial charge in [0.15, 0.2) is 0 Å². The first kappa shape index (κ1) is 21.2. The van der Waals surface area contributed by atoms with Crippen LogP contribution in [0.15, 0.2) is 46.4 Å². The van der Waals surface area contributed by atoms with Crippen LogP contribution in [-0.2, 0) is 10.0 Å². The molecule has 2 aromatic rings. The third-order valence-electron chi connectivity index (χ3n) is 5.15. The number of nitrogens with zero attached hydrogens (tertiary/aromatic N) is 2. The Morgan fingerprint density at radius 1 is 1.03 bits per heavy atom. The maximum atomic E-state index is 12.8. The summed E-state index contributed by atoms with van der Waals surface area (Å²) in [6.45, 7) is 7.08. The number of carbonyl (C=O) groups excluding carboxylic acids is 1. The first-order valence-corrected chi connectivity index (χ1v) is 11.2. The van der Waals surface area contributed by atoms with Crippen molar-refractivity contribution in [3.63, 3.8) is 0 Å². The second-order valence-corrected chi connectivity index (χ2v) is 9.44. The van der Waals surface area contributed by atoms with Gasteiger partial charge < -0.3 is 0 Å². The number of benzene rings is 2. The molecular formula is C22H27N3O3S. The highest BCUT2D eigenvalue weighted by Gasteiger charge is 2.26. The molecule has 0 aliphatic carbocycles. The SMILES string of the molecule is Cc1cc(C)c(C=NNC(=O)c2cccc(S(=O)(=O)N3CCCCC3)c2)c(C)c1. The van der Waals surface area contributed by atoms with Crippen LogP contribution in [-0.4, -0.2) is 37.9 Å². The zero-order chi connectivity index (χ0) is 21.0. The van der Waals surface area contributed by atoms with Gasteiger partial charge >= 0.3 is 0 Å². The van der Waals surface area contributed by atoms with Crippen LogP contribution in [0.4, 0.5) is 0 Å². The predicted octanol–water partition coefficient (Wildman–Crippen LogP) is 3.55. The molecule has 7 heteroatoms. The second-order valence-electron chi connectivity index (χ2n) is 7.50. The van der Waals surface area contributed by atoms with E-state index in [2.05, 4.69) is 22.7 Å². The Morgan fingerprint density at radius 3 is 2.34 bits per heavy atom. The quantitative estimate of drug-likeness (QED) is 0.601. The summed E-state index contributed by atoms with van der Waals surface area (Å²) in [6.07, 6.45) is 4.40. The highest BCUT2D eigenvalue weighted by Crippen LogP contribution is 2.21. The lowest BCUT2D eigenvalue weighted by Crippen LogP contribution is -2.35. The first-order chi connectivity index (χ1) is 13.8. The van der Waals surface area contributed by atoms with Gasteiger partial charge in [0, 0.05) is 24.2 Å². The largest absolute Gasteiger partial charge is 0.271 e.